The number of pyridine rings is 1. The van der Waals surface area contributed by atoms with Gasteiger partial charge in [-0.3, -0.25) is 0 Å². The minimum atomic E-state index is 0.161. The van der Waals surface area contributed by atoms with Gasteiger partial charge in [0.2, 0.25) is 6.79 Å². The van der Waals surface area contributed by atoms with Gasteiger partial charge in [0, 0.05) is 5.56 Å². The summed E-state index contributed by atoms with van der Waals surface area (Å²) in [6.45, 7) is 0.194. The van der Waals surface area contributed by atoms with Gasteiger partial charge in [-0.2, -0.15) is 5.26 Å². The van der Waals surface area contributed by atoms with E-state index >= 15 is 0 Å². The van der Waals surface area contributed by atoms with E-state index in [1.165, 1.54) is 0 Å². The van der Waals surface area contributed by atoms with E-state index in [0.29, 0.717) is 34.1 Å². The number of nitriles is 1. The van der Waals surface area contributed by atoms with Gasteiger partial charge in [0.05, 0.1) is 6.26 Å². The lowest BCUT2D eigenvalue weighted by Crippen LogP contribution is -1.99. The molecule has 0 spiro atoms. The van der Waals surface area contributed by atoms with Crippen molar-refractivity contribution in [1.29, 1.82) is 5.26 Å². The molecule has 6 nitrogen and oxygen atoms in total. The first kappa shape index (κ1) is 13.2. The molecule has 0 amide bonds. The van der Waals surface area contributed by atoms with Crippen molar-refractivity contribution in [2.24, 2.45) is 0 Å². The highest BCUT2D eigenvalue weighted by Gasteiger charge is 2.18. The predicted octanol–water partition coefficient (Wildman–Crippen LogP) is 3.19. The van der Waals surface area contributed by atoms with Crippen molar-refractivity contribution in [1.82, 2.24) is 4.98 Å². The number of fused-ring (bicyclic) bond motifs is 1. The molecule has 1 aliphatic heterocycles. The van der Waals surface area contributed by atoms with E-state index in [-0.39, 0.29) is 12.6 Å². The SMILES string of the molecule is N#Cc1c(-c2ccc3c(c2)OCO3)cc(-c2ccco2)nc1N. The quantitative estimate of drug-likeness (QED) is 0.781. The Balaban J connectivity index is 1.91. The average Bonchev–Trinajstić information content (AvgIpc) is 3.24. The van der Waals surface area contributed by atoms with Crippen LogP contribution in [0.25, 0.3) is 22.6 Å². The third kappa shape index (κ3) is 2.15. The molecule has 0 unspecified atom stereocenters. The van der Waals surface area contributed by atoms with Crippen LogP contribution in [0.2, 0.25) is 0 Å². The molecule has 1 aliphatic rings. The smallest absolute Gasteiger partial charge is 0.231 e. The summed E-state index contributed by atoms with van der Waals surface area (Å²) < 4.78 is 16.1. The highest BCUT2D eigenvalue weighted by molar-refractivity contribution is 5.80. The molecule has 2 N–H and O–H groups in total. The molecule has 1 aromatic carbocycles. The summed E-state index contributed by atoms with van der Waals surface area (Å²) >= 11 is 0. The van der Waals surface area contributed by atoms with Gasteiger partial charge >= 0.3 is 0 Å². The van der Waals surface area contributed by atoms with Crippen molar-refractivity contribution in [2.75, 3.05) is 12.5 Å². The largest absolute Gasteiger partial charge is 0.463 e. The zero-order valence-corrected chi connectivity index (χ0v) is 11.9. The van der Waals surface area contributed by atoms with E-state index < -0.39 is 0 Å². The maximum Gasteiger partial charge on any atom is 0.231 e. The van der Waals surface area contributed by atoms with Crippen LogP contribution in [-0.2, 0) is 0 Å². The van der Waals surface area contributed by atoms with E-state index in [9.17, 15) is 5.26 Å². The number of rotatable bonds is 2. The molecule has 0 fully saturated rings. The summed E-state index contributed by atoms with van der Waals surface area (Å²) in [5.41, 5.74) is 8.31. The first-order chi connectivity index (χ1) is 11.3. The Morgan fingerprint density at radius 1 is 1.13 bits per heavy atom. The molecule has 4 rings (SSSR count). The van der Waals surface area contributed by atoms with Crippen LogP contribution in [-0.4, -0.2) is 11.8 Å². The molecule has 0 saturated carbocycles. The standard InChI is InChI=1S/C17H11N3O3/c18-8-12-11(10-3-4-15-16(6-10)23-9-22-15)7-13(20-17(12)19)14-2-1-5-21-14/h1-7H,9H2,(H2,19,20). The zero-order valence-electron chi connectivity index (χ0n) is 11.9. The fourth-order valence-electron chi connectivity index (χ4n) is 2.52. The van der Waals surface area contributed by atoms with Gasteiger partial charge in [-0.15, -0.1) is 0 Å². The molecule has 0 radical (unpaired) electrons. The fraction of sp³-hybridized carbons (Fsp3) is 0.0588. The van der Waals surface area contributed by atoms with Gasteiger partial charge in [-0.05, 0) is 35.9 Å². The summed E-state index contributed by atoms with van der Waals surface area (Å²) in [5.74, 6) is 2.07. The second kappa shape index (κ2) is 5.07. The molecule has 3 heterocycles. The Labute approximate surface area is 131 Å². The molecular weight excluding hydrogens is 294 g/mol. The highest BCUT2D eigenvalue weighted by atomic mass is 16.7. The van der Waals surface area contributed by atoms with Crippen molar-refractivity contribution in [3.05, 3.63) is 48.2 Å². The number of benzene rings is 1. The van der Waals surface area contributed by atoms with Crippen LogP contribution in [0.4, 0.5) is 5.82 Å². The van der Waals surface area contributed by atoms with Crippen molar-refractivity contribution in [2.45, 2.75) is 0 Å². The number of anilines is 1. The first-order valence-electron chi connectivity index (χ1n) is 6.91. The summed E-state index contributed by atoms with van der Waals surface area (Å²) in [4.78, 5) is 4.25. The van der Waals surface area contributed by atoms with Gasteiger partial charge in [-0.25, -0.2) is 4.98 Å². The Hall–Kier alpha value is -3.46. The predicted molar refractivity (Wildman–Crippen MR) is 82.6 cm³/mol. The van der Waals surface area contributed by atoms with Crippen molar-refractivity contribution in [3.8, 4) is 40.1 Å². The molecule has 112 valence electrons. The topological polar surface area (TPSA) is 94.3 Å². The van der Waals surface area contributed by atoms with Gasteiger partial charge in [0.15, 0.2) is 17.3 Å². The van der Waals surface area contributed by atoms with E-state index in [1.54, 1.807) is 24.5 Å². The molecule has 0 bridgehead atoms. The van der Waals surface area contributed by atoms with Gasteiger partial charge < -0.3 is 19.6 Å². The lowest BCUT2D eigenvalue weighted by molar-refractivity contribution is 0.174. The van der Waals surface area contributed by atoms with Crippen LogP contribution in [0.15, 0.2) is 47.1 Å². The second-order valence-corrected chi connectivity index (χ2v) is 4.97. The average molecular weight is 305 g/mol. The van der Waals surface area contributed by atoms with Crippen LogP contribution in [0.5, 0.6) is 11.5 Å². The summed E-state index contributed by atoms with van der Waals surface area (Å²) in [6, 6.07) is 12.9. The van der Waals surface area contributed by atoms with E-state index in [1.807, 2.05) is 18.2 Å². The highest BCUT2D eigenvalue weighted by Crippen LogP contribution is 2.38. The van der Waals surface area contributed by atoms with E-state index in [0.717, 1.165) is 5.56 Å². The lowest BCUT2D eigenvalue weighted by Gasteiger charge is -2.09. The second-order valence-electron chi connectivity index (χ2n) is 4.97. The van der Waals surface area contributed by atoms with Crippen LogP contribution >= 0.6 is 0 Å². The number of nitrogens with zero attached hydrogens (tertiary/aromatic N) is 2. The number of nitrogens with two attached hydrogens (primary N) is 1. The molecule has 0 saturated heterocycles. The summed E-state index contributed by atoms with van der Waals surface area (Å²) in [7, 11) is 0. The van der Waals surface area contributed by atoms with E-state index in [2.05, 4.69) is 11.1 Å². The maximum atomic E-state index is 9.43. The van der Waals surface area contributed by atoms with Gasteiger partial charge in [-0.1, -0.05) is 6.07 Å². The zero-order chi connectivity index (χ0) is 15.8. The Morgan fingerprint density at radius 3 is 2.78 bits per heavy atom. The molecule has 0 aliphatic carbocycles. The molecule has 2 aromatic heterocycles. The summed E-state index contributed by atoms with van der Waals surface area (Å²) in [6.07, 6.45) is 1.56. The van der Waals surface area contributed by atoms with Crippen molar-refractivity contribution >= 4 is 5.82 Å². The van der Waals surface area contributed by atoms with Crippen molar-refractivity contribution in [3.63, 3.8) is 0 Å². The number of furan rings is 1. The number of nitrogen functional groups attached to an aromatic ring is 1. The van der Waals surface area contributed by atoms with Crippen LogP contribution in [0.1, 0.15) is 5.56 Å². The third-order valence-electron chi connectivity index (χ3n) is 3.62. The molecule has 6 heteroatoms. The molecule has 3 aromatic rings. The Kier molecular flexibility index (Phi) is 2.91. The minimum Gasteiger partial charge on any atom is -0.463 e. The van der Waals surface area contributed by atoms with Gasteiger partial charge in [0.25, 0.3) is 0 Å². The van der Waals surface area contributed by atoms with Crippen LogP contribution < -0.4 is 15.2 Å². The number of aromatic nitrogens is 1. The maximum absolute atomic E-state index is 9.43. The fourth-order valence-corrected chi connectivity index (χ4v) is 2.52. The molecule has 23 heavy (non-hydrogen) atoms. The Morgan fingerprint density at radius 2 is 2.00 bits per heavy atom. The van der Waals surface area contributed by atoms with Crippen LogP contribution in [0.3, 0.4) is 0 Å². The third-order valence-corrected chi connectivity index (χ3v) is 3.62. The first-order valence-corrected chi connectivity index (χ1v) is 6.91. The van der Waals surface area contributed by atoms with E-state index in [4.69, 9.17) is 19.6 Å². The number of hydrogen-bond acceptors (Lipinski definition) is 6. The molecule has 0 atom stereocenters. The monoisotopic (exact) mass is 305 g/mol. The Bertz CT molecular complexity index is 927. The number of ether oxygens (including phenoxy) is 2. The van der Waals surface area contributed by atoms with Gasteiger partial charge in [0.1, 0.15) is 23.1 Å². The van der Waals surface area contributed by atoms with Crippen molar-refractivity contribution < 1.29 is 13.9 Å². The normalized spacial score (nSPS) is 12.1. The van der Waals surface area contributed by atoms with Crippen LogP contribution in [0, 0.1) is 11.3 Å². The minimum absolute atomic E-state index is 0.161. The number of hydrogen-bond donors (Lipinski definition) is 1. The lowest BCUT2D eigenvalue weighted by atomic mass is 9.99. The summed E-state index contributed by atoms with van der Waals surface area (Å²) in [5, 5.41) is 9.43. The molecular formula is C17H11N3O3.